The SMILES string of the molecule is CCc1nc2cc(C3(C#N)CC3)ccn2c1S(=O)(=O)CC.O=C=O. The van der Waals surface area contributed by atoms with Crippen LogP contribution in [0.4, 0.5) is 0 Å². The van der Waals surface area contributed by atoms with E-state index in [-0.39, 0.29) is 22.3 Å². The largest absolute Gasteiger partial charge is 0.373 e. The first-order valence-corrected chi connectivity index (χ1v) is 9.19. The maximum atomic E-state index is 12.3. The van der Waals surface area contributed by atoms with Crippen LogP contribution < -0.4 is 0 Å². The standard InChI is InChI=1S/C15H17N3O2S.CO2/c1-3-12-14(21(19,20)4-2)18-8-5-11(9-13(18)17-12)15(10-16)6-7-15;2-1-3/h5,8-9H,3-4,6-7H2,1-2H3;. The van der Waals surface area contributed by atoms with Crippen molar-refractivity contribution in [2.24, 2.45) is 0 Å². The fourth-order valence-corrected chi connectivity index (χ4v) is 3.93. The lowest BCUT2D eigenvalue weighted by Crippen LogP contribution is -2.10. The van der Waals surface area contributed by atoms with Gasteiger partial charge in [0.25, 0.3) is 0 Å². The molecule has 0 N–H and O–H groups in total. The summed E-state index contributed by atoms with van der Waals surface area (Å²) < 4.78 is 26.2. The number of hydrogen-bond acceptors (Lipinski definition) is 6. The highest BCUT2D eigenvalue weighted by atomic mass is 32.2. The molecule has 0 unspecified atom stereocenters. The first kappa shape index (κ1) is 17.9. The van der Waals surface area contributed by atoms with Crippen molar-refractivity contribution < 1.29 is 18.0 Å². The summed E-state index contributed by atoms with van der Waals surface area (Å²) in [5.74, 6) is 0.0533. The molecule has 0 aromatic carbocycles. The second kappa shape index (κ2) is 6.56. The van der Waals surface area contributed by atoms with E-state index in [4.69, 9.17) is 9.59 Å². The fourth-order valence-electron chi connectivity index (χ4n) is 2.65. The molecule has 126 valence electrons. The van der Waals surface area contributed by atoms with E-state index >= 15 is 0 Å². The van der Waals surface area contributed by atoms with E-state index in [9.17, 15) is 13.7 Å². The van der Waals surface area contributed by atoms with Gasteiger partial charge in [-0.1, -0.05) is 13.8 Å². The summed E-state index contributed by atoms with van der Waals surface area (Å²) in [6.45, 7) is 3.53. The predicted molar refractivity (Wildman–Crippen MR) is 83.8 cm³/mol. The number of aryl methyl sites for hydroxylation is 1. The van der Waals surface area contributed by atoms with Crippen LogP contribution in [0.15, 0.2) is 23.4 Å². The van der Waals surface area contributed by atoms with Crippen LogP contribution in [0.1, 0.15) is 37.9 Å². The quantitative estimate of drug-likeness (QED) is 0.832. The molecular formula is C16H17N3O4S. The predicted octanol–water partition coefficient (Wildman–Crippen LogP) is 1.66. The first-order valence-electron chi connectivity index (χ1n) is 7.53. The summed E-state index contributed by atoms with van der Waals surface area (Å²) in [4.78, 5) is 20.7. The minimum atomic E-state index is -3.33. The van der Waals surface area contributed by atoms with Gasteiger partial charge in [0.15, 0.2) is 14.9 Å². The molecule has 0 saturated heterocycles. The van der Waals surface area contributed by atoms with Gasteiger partial charge in [0, 0.05) is 6.20 Å². The summed E-state index contributed by atoms with van der Waals surface area (Å²) in [6.07, 6.45) is 4.27. The van der Waals surface area contributed by atoms with Crippen molar-refractivity contribution in [1.29, 1.82) is 5.26 Å². The maximum Gasteiger partial charge on any atom is 0.373 e. The van der Waals surface area contributed by atoms with E-state index in [1.54, 1.807) is 17.5 Å². The first-order chi connectivity index (χ1) is 11.4. The Morgan fingerprint density at radius 1 is 1.33 bits per heavy atom. The Balaban J connectivity index is 0.000000647. The Bertz CT molecular complexity index is 944. The monoisotopic (exact) mass is 347 g/mol. The van der Waals surface area contributed by atoms with Gasteiger partial charge in [-0.15, -0.1) is 0 Å². The van der Waals surface area contributed by atoms with Crippen LogP contribution in [-0.4, -0.2) is 29.7 Å². The Kier molecular flexibility index (Phi) is 4.88. The maximum absolute atomic E-state index is 12.3. The van der Waals surface area contributed by atoms with E-state index in [1.165, 1.54) is 0 Å². The number of hydrogen-bond donors (Lipinski definition) is 0. The summed E-state index contributed by atoms with van der Waals surface area (Å²) in [5.41, 5.74) is 1.75. The van der Waals surface area contributed by atoms with E-state index in [0.29, 0.717) is 17.8 Å². The van der Waals surface area contributed by atoms with Crippen LogP contribution in [0, 0.1) is 11.3 Å². The van der Waals surface area contributed by atoms with Gasteiger partial charge in [-0.3, -0.25) is 4.40 Å². The number of fused-ring (bicyclic) bond motifs is 1. The van der Waals surface area contributed by atoms with Gasteiger partial charge in [0.2, 0.25) is 0 Å². The number of rotatable bonds is 4. The second-order valence-electron chi connectivity index (χ2n) is 5.54. The van der Waals surface area contributed by atoms with Gasteiger partial charge in [-0.05, 0) is 37.0 Å². The van der Waals surface area contributed by atoms with Crippen molar-refractivity contribution in [2.45, 2.75) is 43.6 Å². The molecule has 2 heterocycles. The average molecular weight is 347 g/mol. The summed E-state index contributed by atoms with van der Waals surface area (Å²) in [6, 6.07) is 6.05. The summed E-state index contributed by atoms with van der Waals surface area (Å²) in [5, 5.41) is 9.57. The third kappa shape index (κ3) is 2.96. The third-order valence-corrected chi connectivity index (χ3v) is 5.96. The van der Waals surface area contributed by atoms with Gasteiger partial charge in [0.05, 0.1) is 22.9 Å². The summed E-state index contributed by atoms with van der Waals surface area (Å²) in [7, 11) is -3.33. The molecule has 0 amide bonds. The molecule has 3 rings (SSSR count). The minimum absolute atomic E-state index is 0.0533. The molecule has 0 bridgehead atoms. The van der Waals surface area contributed by atoms with Crippen molar-refractivity contribution in [3.63, 3.8) is 0 Å². The molecule has 1 aliphatic carbocycles. The molecule has 0 spiro atoms. The molecule has 0 atom stereocenters. The Hall–Kier alpha value is -2.49. The van der Waals surface area contributed by atoms with Crippen molar-refractivity contribution in [1.82, 2.24) is 9.38 Å². The highest BCUT2D eigenvalue weighted by Crippen LogP contribution is 2.47. The highest BCUT2D eigenvalue weighted by Gasteiger charge is 2.45. The van der Waals surface area contributed by atoms with Gasteiger partial charge in [-0.25, -0.2) is 13.4 Å². The fraction of sp³-hybridized carbons (Fsp3) is 0.438. The van der Waals surface area contributed by atoms with E-state index in [2.05, 4.69) is 11.1 Å². The van der Waals surface area contributed by atoms with Crippen molar-refractivity contribution in [3.05, 3.63) is 29.6 Å². The highest BCUT2D eigenvalue weighted by molar-refractivity contribution is 7.91. The molecule has 0 aliphatic heterocycles. The zero-order chi connectivity index (χ0) is 18.0. The molecule has 8 heteroatoms. The van der Waals surface area contributed by atoms with Crippen LogP contribution in [0.25, 0.3) is 5.65 Å². The Morgan fingerprint density at radius 3 is 2.42 bits per heavy atom. The van der Waals surface area contributed by atoms with E-state index in [0.717, 1.165) is 18.4 Å². The number of imidazole rings is 1. The normalized spacial score (nSPS) is 15.0. The Morgan fingerprint density at radius 2 is 1.96 bits per heavy atom. The van der Waals surface area contributed by atoms with Gasteiger partial charge in [-0.2, -0.15) is 14.9 Å². The lowest BCUT2D eigenvalue weighted by molar-refractivity contribution is -0.191. The molecule has 2 aromatic rings. The molecule has 2 aromatic heterocycles. The van der Waals surface area contributed by atoms with Crippen LogP contribution in [0.2, 0.25) is 0 Å². The topological polar surface area (TPSA) is 109 Å². The second-order valence-corrected chi connectivity index (χ2v) is 7.74. The number of nitriles is 1. The van der Waals surface area contributed by atoms with E-state index in [1.807, 2.05) is 19.1 Å². The molecule has 1 aliphatic rings. The molecule has 1 saturated carbocycles. The van der Waals surface area contributed by atoms with Crippen LogP contribution in [0.3, 0.4) is 0 Å². The summed E-state index contributed by atoms with van der Waals surface area (Å²) >= 11 is 0. The Labute approximate surface area is 139 Å². The number of nitrogens with zero attached hydrogens (tertiary/aromatic N) is 3. The van der Waals surface area contributed by atoms with Crippen LogP contribution >= 0.6 is 0 Å². The van der Waals surface area contributed by atoms with Crippen molar-refractivity contribution >= 4 is 21.6 Å². The number of pyridine rings is 1. The molecule has 1 fully saturated rings. The number of carbonyl (C=O) groups excluding carboxylic acids is 2. The third-order valence-electron chi connectivity index (χ3n) is 4.18. The smallest absolute Gasteiger partial charge is 0.290 e. The zero-order valence-corrected chi connectivity index (χ0v) is 14.3. The van der Waals surface area contributed by atoms with Gasteiger partial charge < -0.3 is 0 Å². The molecule has 0 radical (unpaired) electrons. The number of aromatic nitrogens is 2. The number of sulfone groups is 1. The van der Waals surface area contributed by atoms with Crippen LogP contribution in [-0.2, 0) is 31.3 Å². The lowest BCUT2D eigenvalue weighted by atomic mass is 9.99. The van der Waals surface area contributed by atoms with Gasteiger partial charge >= 0.3 is 6.15 Å². The minimum Gasteiger partial charge on any atom is -0.290 e. The molecular weight excluding hydrogens is 330 g/mol. The van der Waals surface area contributed by atoms with Crippen molar-refractivity contribution in [2.75, 3.05) is 5.75 Å². The average Bonchev–Trinajstić information content (AvgIpc) is 3.28. The zero-order valence-electron chi connectivity index (χ0n) is 13.4. The van der Waals surface area contributed by atoms with Crippen molar-refractivity contribution in [3.8, 4) is 6.07 Å². The molecule has 24 heavy (non-hydrogen) atoms. The van der Waals surface area contributed by atoms with Crippen LogP contribution in [0.5, 0.6) is 0 Å². The van der Waals surface area contributed by atoms with Gasteiger partial charge in [0.1, 0.15) is 5.65 Å². The lowest BCUT2D eigenvalue weighted by Gasteiger charge is -2.07. The molecule has 7 nitrogen and oxygen atoms in total. The van der Waals surface area contributed by atoms with E-state index < -0.39 is 9.84 Å².